The molecule has 0 bridgehead atoms. The number of hydrogen-bond donors (Lipinski definition) is 1. The maximum Gasteiger partial charge on any atom is 0.414 e. The number of para-hydroxylation sites is 1. The molecule has 0 aliphatic carbocycles. The molecular weight excluding hydrogens is 493 g/mol. The molecule has 3 aromatic carbocycles. The third-order valence-corrected chi connectivity index (χ3v) is 7.60. The van der Waals surface area contributed by atoms with Crippen LogP contribution in [0.1, 0.15) is 23.2 Å². The molecule has 192 valence electrons. The van der Waals surface area contributed by atoms with Crippen molar-refractivity contribution >= 4 is 51.7 Å². The quantitative estimate of drug-likeness (QED) is 0.436. The Balaban J connectivity index is 1.16. The van der Waals surface area contributed by atoms with Crippen LogP contribution in [0.15, 0.2) is 60.7 Å². The van der Waals surface area contributed by atoms with Gasteiger partial charge in [0, 0.05) is 43.0 Å². The number of hydrogen-bond acceptors (Lipinski definition) is 6. The van der Waals surface area contributed by atoms with E-state index >= 15 is 0 Å². The van der Waals surface area contributed by atoms with Gasteiger partial charge in [-0.05, 0) is 22.9 Å². The van der Waals surface area contributed by atoms with Crippen LogP contribution in [0, 0.1) is 5.82 Å². The van der Waals surface area contributed by atoms with E-state index in [1.165, 1.54) is 11.0 Å². The Labute approximate surface area is 218 Å². The van der Waals surface area contributed by atoms with Gasteiger partial charge in [0.1, 0.15) is 11.9 Å². The lowest BCUT2D eigenvalue weighted by molar-refractivity contribution is -0.121. The minimum absolute atomic E-state index is 0.0352. The van der Waals surface area contributed by atoms with Gasteiger partial charge in [-0.1, -0.05) is 48.5 Å². The minimum atomic E-state index is -0.571. The topological polar surface area (TPSA) is 79.0 Å². The van der Waals surface area contributed by atoms with Crippen LogP contribution < -0.4 is 15.1 Å². The highest BCUT2D eigenvalue weighted by atomic mass is 32.2. The van der Waals surface area contributed by atoms with E-state index in [-0.39, 0.29) is 43.4 Å². The van der Waals surface area contributed by atoms with Crippen molar-refractivity contribution in [3.05, 3.63) is 72.0 Å². The summed E-state index contributed by atoms with van der Waals surface area (Å²) >= 11 is 1.82. The largest absolute Gasteiger partial charge is 0.442 e. The fourth-order valence-electron chi connectivity index (χ4n) is 4.79. The molecule has 5 rings (SSSR count). The number of rotatable bonds is 8. The van der Waals surface area contributed by atoms with Crippen LogP contribution in [-0.4, -0.2) is 61.6 Å². The molecule has 2 aliphatic rings. The van der Waals surface area contributed by atoms with Crippen LogP contribution in [0.25, 0.3) is 10.8 Å². The Bertz CT molecular complexity index is 1320. The van der Waals surface area contributed by atoms with Crippen LogP contribution in [0.3, 0.4) is 0 Å². The number of fused-ring (bicyclic) bond motifs is 1. The van der Waals surface area contributed by atoms with Crippen LogP contribution in [0.2, 0.25) is 0 Å². The molecule has 1 atom stereocenters. The zero-order chi connectivity index (χ0) is 25.8. The van der Waals surface area contributed by atoms with E-state index in [1.807, 2.05) is 53.1 Å². The number of cyclic esters (lactones) is 1. The number of Topliss-reactive ketones (excluding diaryl/α,β-unsaturated/α-hetero) is 1. The van der Waals surface area contributed by atoms with Crippen molar-refractivity contribution < 1.29 is 23.5 Å². The van der Waals surface area contributed by atoms with Gasteiger partial charge in [0.15, 0.2) is 5.78 Å². The average Bonchev–Trinajstić information content (AvgIpc) is 3.30. The number of nitrogens with zero attached hydrogens (tertiary/aromatic N) is 2. The highest BCUT2D eigenvalue weighted by molar-refractivity contribution is 7.99. The van der Waals surface area contributed by atoms with Crippen LogP contribution in [0.4, 0.5) is 20.6 Å². The summed E-state index contributed by atoms with van der Waals surface area (Å²) in [4.78, 5) is 41.3. The lowest BCUT2D eigenvalue weighted by atomic mass is 9.99. The van der Waals surface area contributed by atoms with Crippen LogP contribution in [-0.2, 0) is 9.53 Å². The molecule has 2 aliphatic heterocycles. The molecule has 0 saturated carbocycles. The van der Waals surface area contributed by atoms with Crippen molar-refractivity contribution in [1.82, 2.24) is 5.32 Å². The second-order valence-electron chi connectivity index (χ2n) is 9.08. The summed E-state index contributed by atoms with van der Waals surface area (Å²) in [7, 11) is 0. The monoisotopic (exact) mass is 521 g/mol. The predicted molar refractivity (Wildman–Crippen MR) is 144 cm³/mol. The van der Waals surface area contributed by atoms with Gasteiger partial charge in [0.2, 0.25) is 5.91 Å². The fraction of sp³-hybridized carbons (Fsp3) is 0.321. The van der Waals surface area contributed by atoms with Crippen molar-refractivity contribution in [3.8, 4) is 0 Å². The van der Waals surface area contributed by atoms with Gasteiger partial charge in [-0.2, -0.15) is 11.8 Å². The summed E-state index contributed by atoms with van der Waals surface area (Å²) in [6.45, 7) is 1.73. The maximum atomic E-state index is 14.8. The number of anilines is 2. The number of ketones is 1. The molecule has 1 unspecified atom stereocenters. The van der Waals surface area contributed by atoms with E-state index in [0.717, 1.165) is 22.3 Å². The summed E-state index contributed by atoms with van der Waals surface area (Å²) in [5, 5.41) is 4.61. The Morgan fingerprint density at radius 2 is 1.76 bits per heavy atom. The van der Waals surface area contributed by atoms with Crippen molar-refractivity contribution in [2.24, 2.45) is 0 Å². The molecule has 2 amide bonds. The van der Waals surface area contributed by atoms with Crippen LogP contribution in [0.5, 0.6) is 0 Å². The van der Waals surface area contributed by atoms with E-state index in [9.17, 15) is 18.8 Å². The third kappa shape index (κ3) is 5.56. The Morgan fingerprint density at radius 1 is 1.00 bits per heavy atom. The second-order valence-corrected chi connectivity index (χ2v) is 10.3. The van der Waals surface area contributed by atoms with Gasteiger partial charge in [0.05, 0.1) is 24.5 Å². The van der Waals surface area contributed by atoms with Gasteiger partial charge in [-0.3, -0.25) is 14.5 Å². The summed E-state index contributed by atoms with van der Waals surface area (Å²) in [5.41, 5.74) is 1.49. The number of halogens is 1. The molecule has 2 fully saturated rings. The smallest absolute Gasteiger partial charge is 0.414 e. The predicted octanol–water partition coefficient (Wildman–Crippen LogP) is 4.64. The van der Waals surface area contributed by atoms with Gasteiger partial charge < -0.3 is 15.0 Å². The molecule has 2 saturated heterocycles. The molecule has 9 heteroatoms. The number of ether oxygens (including phenoxy) is 1. The highest BCUT2D eigenvalue weighted by Gasteiger charge is 2.35. The SMILES string of the molecule is O=C(CCC(=O)c1cccc2ccccc12)NCC1CN(c2cccc(F)c2N2CCSCC2)C(=O)O1. The van der Waals surface area contributed by atoms with E-state index in [2.05, 4.69) is 5.32 Å². The van der Waals surface area contributed by atoms with E-state index in [1.54, 1.807) is 18.2 Å². The first-order valence-corrected chi connectivity index (χ1v) is 13.5. The zero-order valence-electron chi connectivity index (χ0n) is 20.3. The third-order valence-electron chi connectivity index (χ3n) is 6.65. The number of nitrogens with one attached hydrogen (secondary N) is 1. The minimum Gasteiger partial charge on any atom is -0.442 e. The van der Waals surface area contributed by atoms with E-state index in [0.29, 0.717) is 30.0 Å². The van der Waals surface area contributed by atoms with Crippen molar-refractivity contribution in [2.75, 3.05) is 47.5 Å². The summed E-state index contributed by atoms with van der Waals surface area (Å²) in [6, 6.07) is 17.9. The molecule has 3 aromatic rings. The summed E-state index contributed by atoms with van der Waals surface area (Å²) in [5.74, 6) is 1.04. The molecular formula is C28H28FN3O4S. The number of amides is 2. The van der Waals surface area contributed by atoms with Crippen molar-refractivity contribution in [2.45, 2.75) is 18.9 Å². The lowest BCUT2D eigenvalue weighted by Gasteiger charge is -2.32. The molecule has 2 heterocycles. The number of carbonyl (C=O) groups excluding carboxylic acids is 3. The summed E-state index contributed by atoms with van der Waals surface area (Å²) in [6.07, 6.45) is -1.02. The van der Waals surface area contributed by atoms with Crippen molar-refractivity contribution in [3.63, 3.8) is 0 Å². The van der Waals surface area contributed by atoms with Gasteiger partial charge in [-0.15, -0.1) is 0 Å². The molecule has 7 nitrogen and oxygen atoms in total. The number of carbonyl (C=O) groups is 3. The average molecular weight is 522 g/mol. The molecule has 37 heavy (non-hydrogen) atoms. The van der Waals surface area contributed by atoms with Gasteiger partial charge >= 0.3 is 6.09 Å². The molecule has 0 spiro atoms. The first-order valence-electron chi connectivity index (χ1n) is 12.4. The fourth-order valence-corrected chi connectivity index (χ4v) is 5.70. The second kappa shape index (κ2) is 11.2. The molecule has 0 aromatic heterocycles. The van der Waals surface area contributed by atoms with Gasteiger partial charge in [0.25, 0.3) is 0 Å². The first-order chi connectivity index (χ1) is 18.0. The van der Waals surface area contributed by atoms with Gasteiger partial charge in [-0.25, -0.2) is 9.18 Å². The van der Waals surface area contributed by atoms with E-state index < -0.39 is 12.2 Å². The van der Waals surface area contributed by atoms with Crippen LogP contribution >= 0.6 is 11.8 Å². The Morgan fingerprint density at radius 3 is 2.59 bits per heavy atom. The Kier molecular flexibility index (Phi) is 7.60. The zero-order valence-corrected chi connectivity index (χ0v) is 21.1. The standard InChI is InChI=1S/C28H28FN3O4S/c29-23-9-4-10-24(27(23)31-13-15-37-16-14-31)32-18-20(36-28(32)35)17-30-26(34)12-11-25(33)22-8-3-6-19-5-1-2-7-21(19)22/h1-10,20H,11-18H2,(H,30,34). The summed E-state index contributed by atoms with van der Waals surface area (Å²) < 4.78 is 20.3. The molecule has 0 radical (unpaired) electrons. The van der Waals surface area contributed by atoms with Crippen molar-refractivity contribution in [1.29, 1.82) is 0 Å². The number of thioether (sulfide) groups is 1. The highest BCUT2D eigenvalue weighted by Crippen LogP contribution is 2.36. The first kappa shape index (κ1) is 25.1. The molecule has 1 N–H and O–H groups in total. The van der Waals surface area contributed by atoms with E-state index in [4.69, 9.17) is 4.74 Å². The lowest BCUT2D eigenvalue weighted by Crippen LogP contribution is -2.36. The normalized spacial score (nSPS) is 17.6. The Hall–Kier alpha value is -3.59. The number of benzene rings is 3. The maximum absolute atomic E-state index is 14.8.